The van der Waals surface area contributed by atoms with Crippen LogP contribution in [0.3, 0.4) is 0 Å². The third-order valence-electron chi connectivity index (χ3n) is 5.54. The monoisotopic (exact) mass is 487 g/mol. The van der Waals surface area contributed by atoms with Crippen molar-refractivity contribution in [3.05, 3.63) is 102 Å². The summed E-state index contributed by atoms with van der Waals surface area (Å²) < 4.78 is 12.6. The van der Waals surface area contributed by atoms with Crippen LogP contribution in [0.5, 0.6) is 0 Å². The first kappa shape index (κ1) is 22.4. The van der Waals surface area contributed by atoms with Crippen LogP contribution in [-0.2, 0) is 20.7 Å². The van der Waals surface area contributed by atoms with Crippen LogP contribution < -0.4 is 11.1 Å². The second kappa shape index (κ2) is 9.43. The highest BCUT2D eigenvalue weighted by Crippen LogP contribution is 2.28. The van der Waals surface area contributed by atoms with Gasteiger partial charge in [0.05, 0.1) is 10.4 Å². The van der Waals surface area contributed by atoms with Gasteiger partial charge >= 0.3 is 11.7 Å². The lowest BCUT2D eigenvalue weighted by Gasteiger charge is -2.33. The number of carbonyl (C=O) groups is 2. The van der Waals surface area contributed by atoms with Crippen LogP contribution in [0.4, 0.5) is 0 Å². The molecule has 3 aromatic heterocycles. The zero-order chi connectivity index (χ0) is 24.3. The molecule has 4 aromatic rings. The largest absolute Gasteiger partial charge is 0.447 e. The first-order valence-electron chi connectivity index (χ1n) is 10.8. The summed E-state index contributed by atoms with van der Waals surface area (Å²) in [7, 11) is 0. The number of carbonyl (C=O) groups excluding carboxylic acids is 2. The third kappa shape index (κ3) is 4.38. The summed E-state index contributed by atoms with van der Waals surface area (Å²) in [6.07, 6.45) is 6.03. The second-order valence-electron chi connectivity index (χ2n) is 7.75. The maximum Gasteiger partial charge on any atom is 0.352 e. The Morgan fingerprint density at radius 1 is 1.06 bits per heavy atom. The van der Waals surface area contributed by atoms with Gasteiger partial charge in [-0.3, -0.25) is 9.59 Å². The van der Waals surface area contributed by atoms with E-state index < -0.39 is 23.6 Å². The molecular weight excluding hydrogens is 466 g/mol. The van der Waals surface area contributed by atoms with Crippen molar-refractivity contribution in [2.24, 2.45) is 5.73 Å². The summed E-state index contributed by atoms with van der Waals surface area (Å²) in [6.45, 7) is 0. The van der Waals surface area contributed by atoms with Crippen molar-refractivity contribution in [3.63, 3.8) is 0 Å². The lowest BCUT2D eigenvalue weighted by atomic mass is 9.97. The van der Waals surface area contributed by atoms with Crippen LogP contribution in [-0.4, -0.2) is 38.4 Å². The molecule has 176 valence electrons. The zero-order valence-corrected chi connectivity index (χ0v) is 19.2. The average molecular weight is 488 g/mol. The summed E-state index contributed by atoms with van der Waals surface area (Å²) in [6, 6.07) is 17.5. The Bertz CT molecular complexity index is 1360. The van der Waals surface area contributed by atoms with E-state index in [2.05, 4.69) is 15.4 Å². The average Bonchev–Trinajstić information content (AvgIpc) is 3.66. The molecule has 0 spiro atoms. The van der Waals surface area contributed by atoms with E-state index in [1.165, 1.54) is 12.5 Å². The Morgan fingerprint density at radius 2 is 1.86 bits per heavy atom. The highest BCUT2D eigenvalue weighted by Gasteiger charge is 2.51. The van der Waals surface area contributed by atoms with Gasteiger partial charge in [-0.1, -0.05) is 36.4 Å². The number of rotatable bonds is 8. The van der Waals surface area contributed by atoms with Crippen molar-refractivity contribution in [2.45, 2.75) is 18.2 Å². The minimum absolute atomic E-state index is 0.233. The minimum atomic E-state index is -1.88. The first-order chi connectivity index (χ1) is 17.1. The van der Waals surface area contributed by atoms with Gasteiger partial charge in [-0.2, -0.15) is 5.10 Å². The van der Waals surface area contributed by atoms with Crippen LogP contribution in [0.15, 0.2) is 91.0 Å². The lowest BCUT2D eigenvalue weighted by molar-refractivity contribution is -0.182. The Balaban J connectivity index is 1.47. The predicted molar refractivity (Wildman–Crippen MR) is 129 cm³/mol. The van der Waals surface area contributed by atoms with Crippen LogP contribution in [0, 0.1) is 0 Å². The van der Waals surface area contributed by atoms with Gasteiger partial charge in [-0.15, -0.1) is 11.3 Å². The maximum absolute atomic E-state index is 13.5. The Kier molecular flexibility index (Phi) is 6.02. The van der Waals surface area contributed by atoms with Gasteiger partial charge in [-0.05, 0) is 35.2 Å². The van der Waals surface area contributed by atoms with Crippen molar-refractivity contribution in [1.82, 2.24) is 20.1 Å². The van der Waals surface area contributed by atoms with Crippen LogP contribution >= 0.6 is 11.3 Å². The molecule has 10 heteroatoms. The number of hydrogen-bond acceptors (Lipinski definition) is 7. The molecule has 0 fully saturated rings. The summed E-state index contributed by atoms with van der Waals surface area (Å²) in [5.41, 5.74) is 7.55. The highest BCUT2D eigenvalue weighted by atomic mass is 32.1. The summed E-state index contributed by atoms with van der Waals surface area (Å²) >= 11 is 1.57. The molecule has 4 heterocycles. The van der Waals surface area contributed by atoms with Crippen LogP contribution in [0.2, 0.25) is 0 Å². The Hall–Kier alpha value is -4.44. The molecule has 0 aliphatic carbocycles. The van der Waals surface area contributed by atoms with Crippen molar-refractivity contribution >= 4 is 23.2 Å². The van der Waals surface area contributed by atoms with Gasteiger partial charge in [-0.25, -0.2) is 9.67 Å². The summed E-state index contributed by atoms with van der Waals surface area (Å²) in [5.74, 6) is -2.89. The fourth-order valence-corrected chi connectivity index (χ4v) is 4.55. The molecule has 0 bridgehead atoms. The molecule has 0 radical (unpaired) electrons. The van der Waals surface area contributed by atoms with Crippen LogP contribution in [0.1, 0.15) is 15.9 Å². The number of benzene rings is 1. The predicted octanol–water partition coefficient (Wildman–Crippen LogP) is 3.04. The van der Waals surface area contributed by atoms with E-state index >= 15 is 0 Å². The number of hydrogen-bond donors (Lipinski definition) is 2. The number of primary amides is 1. The molecule has 2 amide bonds. The molecule has 9 nitrogen and oxygen atoms in total. The van der Waals surface area contributed by atoms with E-state index in [4.69, 9.17) is 15.2 Å². The smallest absolute Gasteiger partial charge is 0.352 e. The third-order valence-corrected chi connectivity index (χ3v) is 6.44. The van der Waals surface area contributed by atoms with E-state index in [1.54, 1.807) is 40.5 Å². The van der Waals surface area contributed by atoms with Crippen molar-refractivity contribution in [2.75, 3.05) is 0 Å². The fourth-order valence-electron chi connectivity index (χ4n) is 3.86. The first-order valence-corrected chi connectivity index (χ1v) is 11.6. The van der Waals surface area contributed by atoms with Crippen molar-refractivity contribution in [3.8, 4) is 16.4 Å². The van der Waals surface area contributed by atoms with Crippen molar-refractivity contribution < 1.29 is 19.1 Å². The highest BCUT2D eigenvalue weighted by molar-refractivity contribution is 7.13. The van der Waals surface area contributed by atoms with E-state index in [1.807, 2.05) is 53.9 Å². The normalized spacial score (nSPS) is 14.6. The Labute approximate surface area is 204 Å². The quantitative estimate of drug-likeness (QED) is 0.394. The number of ether oxygens (including phenoxy) is 2. The number of thiophene rings is 1. The molecule has 1 aliphatic heterocycles. The molecule has 0 saturated carbocycles. The van der Waals surface area contributed by atoms with E-state index in [-0.39, 0.29) is 12.0 Å². The molecule has 35 heavy (non-hydrogen) atoms. The number of nitrogens with two attached hydrogens (primary N) is 1. The number of amides is 2. The van der Waals surface area contributed by atoms with Gasteiger partial charge in [0.2, 0.25) is 0 Å². The fraction of sp³-hybridized carbons (Fsp3) is 0.120. The van der Waals surface area contributed by atoms with E-state index in [0.717, 1.165) is 16.1 Å². The number of nitrogens with zero attached hydrogens (tertiary/aromatic N) is 3. The van der Waals surface area contributed by atoms with Gasteiger partial charge in [0.1, 0.15) is 24.3 Å². The van der Waals surface area contributed by atoms with Gasteiger partial charge in [0.15, 0.2) is 5.82 Å². The lowest BCUT2D eigenvalue weighted by Crippen LogP contribution is -2.61. The second-order valence-corrected chi connectivity index (χ2v) is 8.70. The van der Waals surface area contributed by atoms with Crippen LogP contribution in [0.25, 0.3) is 16.4 Å². The van der Waals surface area contributed by atoms with Gasteiger partial charge in [0, 0.05) is 18.8 Å². The molecule has 1 unspecified atom stereocenters. The summed E-state index contributed by atoms with van der Waals surface area (Å²) in [4.78, 5) is 31.3. The number of nitrogens with one attached hydrogen (secondary N) is 1. The molecule has 0 saturated heterocycles. The van der Waals surface area contributed by atoms with Gasteiger partial charge in [0.25, 0.3) is 5.91 Å². The zero-order valence-electron chi connectivity index (χ0n) is 18.4. The molecule has 1 aliphatic rings. The molecule has 1 aromatic carbocycles. The maximum atomic E-state index is 13.5. The molecule has 1 atom stereocenters. The minimum Gasteiger partial charge on any atom is -0.447 e. The topological polar surface area (TPSA) is 121 Å². The molecular formula is C25H21N5O4S. The van der Waals surface area contributed by atoms with Gasteiger partial charge < -0.3 is 20.5 Å². The standard InChI is InChI=1S/C25H21N5O4S/c26-24(32)25(33-13-14-34-25)21(16-17-6-2-1-3-7-17)28-23(31)18-8-4-11-27-22(18)30-12-10-19(29-30)20-9-5-15-35-20/h1-15,21H,16H2,(H2,26,32)(H,28,31). The molecule has 5 rings (SSSR count). The van der Waals surface area contributed by atoms with E-state index in [0.29, 0.717) is 5.82 Å². The Morgan fingerprint density at radius 3 is 2.57 bits per heavy atom. The SMILES string of the molecule is NC(=O)C1(C(Cc2ccccc2)NC(=O)c2cccnc2-n2ccc(-c3cccs3)n2)OC=CO1. The summed E-state index contributed by atoms with van der Waals surface area (Å²) in [5, 5.41) is 9.43. The number of pyridine rings is 1. The number of aromatic nitrogens is 3. The van der Waals surface area contributed by atoms with Crippen molar-refractivity contribution in [1.29, 1.82) is 0 Å². The molecule has 3 N–H and O–H groups in total. The van der Waals surface area contributed by atoms with E-state index in [9.17, 15) is 9.59 Å².